The number of fused-ring (bicyclic) bond motifs is 1. The quantitative estimate of drug-likeness (QED) is 0.616. The summed E-state index contributed by atoms with van der Waals surface area (Å²) < 4.78 is 19.5. The number of furan rings is 1. The number of carbonyl (C=O) groups excluding carboxylic acids is 2. The molecule has 0 bridgehead atoms. The summed E-state index contributed by atoms with van der Waals surface area (Å²) in [7, 11) is 0. The Labute approximate surface area is 160 Å². The van der Waals surface area contributed by atoms with Gasteiger partial charge in [-0.25, -0.2) is 9.18 Å². The van der Waals surface area contributed by atoms with E-state index in [1.165, 1.54) is 12.1 Å². The maximum atomic E-state index is 13.6. The third kappa shape index (κ3) is 3.55. The minimum Gasteiger partial charge on any atom is -0.459 e. The Morgan fingerprint density at radius 1 is 1.18 bits per heavy atom. The van der Waals surface area contributed by atoms with E-state index in [4.69, 9.17) is 10.2 Å². The Balaban J connectivity index is 1.53. The topological polar surface area (TPSA) is 97.4 Å². The Bertz CT molecular complexity index is 1050. The molecule has 0 unspecified atom stereocenters. The summed E-state index contributed by atoms with van der Waals surface area (Å²) in [6.07, 6.45) is 1.98. The van der Waals surface area contributed by atoms with Crippen LogP contribution in [0.3, 0.4) is 0 Å². The molecule has 1 saturated carbocycles. The molecule has 7 heteroatoms. The van der Waals surface area contributed by atoms with Crippen LogP contribution < -0.4 is 16.4 Å². The molecular formula is C21H20FN3O3. The first-order chi connectivity index (χ1) is 13.4. The lowest BCUT2D eigenvalue weighted by Crippen LogP contribution is -2.33. The summed E-state index contributed by atoms with van der Waals surface area (Å²) in [5.41, 5.74) is 7.56. The van der Waals surface area contributed by atoms with E-state index in [2.05, 4.69) is 10.6 Å². The zero-order valence-electron chi connectivity index (χ0n) is 15.3. The Hall–Kier alpha value is -3.35. The lowest BCUT2D eigenvalue weighted by molar-refractivity contribution is 0.100. The first-order valence-electron chi connectivity index (χ1n) is 9.08. The van der Waals surface area contributed by atoms with Gasteiger partial charge in [0.1, 0.15) is 17.2 Å². The predicted molar refractivity (Wildman–Crippen MR) is 103 cm³/mol. The first-order valence-corrected chi connectivity index (χ1v) is 9.08. The van der Waals surface area contributed by atoms with E-state index in [1.54, 1.807) is 30.3 Å². The fourth-order valence-electron chi connectivity index (χ4n) is 3.36. The maximum absolute atomic E-state index is 13.6. The third-order valence-electron chi connectivity index (χ3n) is 5.02. The second-order valence-electron chi connectivity index (χ2n) is 7.09. The van der Waals surface area contributed by atoms with Crippen molar-refractivity contribution in [2.24, 2.45) is 11.7 Å². The largest absolute Gasteiger partial charge is 0.459 e. The Morgan fingerprint density at radius 2 is 1.89 bits per heavy atom. The van der Waals surface area contributed by atoms with Gasteiger partial charge in [0.15, 0.2) is 0 Å². The molecule has 0 radical (unpaired) electrons. The van der Waals surface area contributed by atoms with E-state index >= 15 is 0 Å². The lowest BCUT2D eigenvalue weighted by Gasteiger charge is -2.17. The van der Waals surface area contributed by atoms with Gasteiger partial charge >= 0.3 is 6.03 Å². The van der Waals surface area contributed by atoms with Crippen LogP contribution in [-0.2, 0) is 0 Å². The standard InChI is InChI=1S/C21H20FN3O3/c1-11-16-10-14(22)6-9-17(16)28-19(11)18(12-2-3-12)25-21(27)24-15-7-4-13(5-8-15)20(23)26/h4-10,12,18H,2-3H2,1H3,(H2,23,26)(H2,24,25,27)/t18-/m1/s1. The molecule has 3 aromatic rings. The van der Waals surface area contributed by atoms with Crippen molar-refractivity contribution in [3.63, 3.8) is 0 Å². The Kier molecular flexibility index (Phi) is 4.50. The molecule has 1 atom stereocenters. The van der Waals surface area contributed by atoms with E-state index in [0.29, 0.717) is 28.0 Å². The summed E-state index contributed by atoms with van der Waals surface area (Å²) in [6.45, 7) is 1.87. The lowest BCUT2D eigenvalue weighted by atomic mass is 10.0. The van der Waals surface area contributed by atoms with Crippen molar-refractivity contribution in [2.45, 2.75) is 25.8 Å². The number of rotatable bonds is 5. The predicted octanol–water partition coefficient (Wildman–Crippen LogP) is 4.25. The molecule has 1 heterocycles. The highest BCUT2D eigenvalue weighted by Gasteiger charge is 2.37. The minimum absolute atomic E-state index is 0.284. The van der Waals surface area contributed by atoms with Gasteiger partial charge in [-0.1, -0.05) is 0 Å². The minimum atomic E-state index is -0.526. The zero-order chi connectivity index (χ0) is 19.8. The number of nitrogens with one attached hydrogen (secondary N) is 2. The molecule has 3 amide bonds. The number of amides is 3. The highest BCUT2D eigenvalue weighted by atomic mass is 19.1. The van der Waals surface area contributed by atoms with Crippen molar-refractivity contribution in [2.75, 3.05) is 5.32 Å². The molecule has 0 spiro atoms. The zero-order valence-corrected chi connectivity index (χ0v) is 15.3. The summed E-state index contributed by atoms with van der Waals surface area (Å²) in [4.78, 5) is 23.6. The summed E-state index contributed by atoms with van der Waals surface area (Å²) in [6, 6.07) is 10.1. The van der Waals surface area contributed by atoms with Crippen LogP contribution in [-0.4, -0.2) is 11.9 Å². The van der Waals surface area contributed by atoms with Gasteiger partial charge in [0.25, 0.3) is 0 Å². The van der Waals surface area contributed by atoms with E-state index in [1.807, 2.05) is 6.92 Å². The number of hydrogen-bond acceptors (Lipinski definition) is 3. The molecule has 4 rings (SSSR count). The molecule has 4 N–H and O–H groups in total. The van der Waals surface area contributed by atoms with Crippen LogP contribution in [0, 0.1) is 18.7 Å². The summed E-state index contributed by atoms with van der Waals surface area (Å²) in [5, 5.41) is 6.43. The molecule has 6 nitrogen and oxygen atoms in total. The van der Waals surface area contributed by atoms with Crippen molar-refractivity contribution in [1.82, 2.24) is 5.32 Å². The van der Waals surface area contributed by atoms with Crippen LogP contribution in [0.2, 0.25) is 0 Å². The van der Waals surface area contributed by atoms with Gasteiger partial charge in [-0.05, 0) is 68.1 Å². The molecule has 0 aliphatic heterocycles. The van der Waals surface area contributed by atoms with Gasteiger partial charge in [-0.3, -0.25) is 4.79 Å². The number of primary amides is 1. The van der Waals surface area contributed by atoms with Gasteiger partial charge in [-0.15, -0.1) is 0 Å². The van der Waals surface area contributed by atoms with Gasteiger partial charge in [0, 0.05) is 22.2 Å². The number of nitrogens with two attached hydrogens (primary N) is 1. The van der Waals surface area contributed by atoms with E-state index in [-0.39, 0.29) is 23.8 Å². The van der Waals surface area contributed by atoms with Crippen LogP contribution in [0.4, 0.5) is 14.9 Å². The number of hydrogen-bond donors (Lipinski definition) is 3. The van der Waals surface area contributed by atoms with Crippen molar-refractivity contribution >= 4 is 28.6 Å². The number of urea groups is 1. The monoisotopic (exact) mass is 381 g/mol. The highest BCUT2D eigenvalue weighted by Crippen LogP contribution is 2.44. The van der Waals surface area contributed by atoms with E-state index < -0.39 is 5.91 Å². The van der Waals surface area contributed by atoms with Crippen LogP contribution in [0.25, 0.3) is 11.0 Å². The first kappa shape index (κ1) is 18.0. The van der Waals surface area contributed by atoms with Gasteiger partial charge in [0.05, 0.1) is 6.04 Å². The summed E-state index contributed by atoms with van der Waals surface area (Å²) >= 11 is 0. The SMILES string of the molecule is Cc1c([C@H](NC(=O)Nc2ccc(C(N)=O)cc2)C2CC2)oc2ccc(F)cc12. The molecule has 2 aromatic carbocycles. The average Bonchev–Trinajstić information content (AvgIpc) is 3.45. The second-order valence-corrected chi connectivity index (χ2v) is 7.09. The molecule has 1 aliphatic rings. The van der Waals surface area contributed by atoms with Crippen LogP contribution in [0.1, 0.15) is 40.6 Å². The summed E-state index contributed by atoms with van der Waals surface area (Å²) in [5.74, 6) is 0.0899. The van der Waals surface area contributed by atoms with Gasteiger partial charge < -0.3 is 20.8 Å². The average molecular weight is 381 g/mol. The van der Waals surface area contributed by atoms with Crippen molar-refractivity contribution in [3.05, 3.63) is 65.2 Å². The van der Waals surface area contributed by atoms with Crippen LogP contribution >= 0.6 is 0 Å². The smallest absolute Gasteiger partial charge is 0.319 e. The van der Waals surface area contributed by atoms with E-state index in [9.17, 15) is 14.0 Å². The third-order valence-corrected chi connectivity index (χ3v) is 5.02. The highest BCUT2D eigenvalue weighted by molar-refractivity contribution is 5.94. The number of benzene rings is 2. The molecule has 1 aromatic heterocycles. The van der Waals surface area contributed by atoms with Gasteiger partial charge in [-0.2, -0.15) is 0 Å². The molecular weight excluding hydrogens is 361 g/mol. The number of anilines is 1. The fourth-order valence-corrected chi connectivity index (χ4v) is 3.36. The number of aryl methyl sites for hydroxylation is 1. The molecule has 0 saturated heterocycles. The normalized spacial score (nSPS) is 14.6. The molecule has 144 valence electrons. The Morgan fingerprint density at radius 3 is 2.54 bits per heavy atom. The second kappa shape index (κ2) is 6.99. The molecule has 1 aliphatic carbocycles. The van der Waals surface area contributed by atoms with Gasteiger partial charge in [0.2, 0.25) is 5.91 Å². The molecule has 28 heavy (non-hydrogen) atoms. The maximum Gasteiger partial charge on any atom is 0.319 e. The van der Waals surface area contributed by atoms with Crippen LogP contribution in [0.15, 0.2) is 46.9 Å². The number of halogens is 1. The van der Waals surface area contributed by atoms with Crippen molar-refractivity contribution < 1.29 is 18.4 Å². The molecule has 1 fully saturated rings. The fraction of sp³-hybridized carbons (Fsp3) is 0.238. The van der Waals surface area contributed by atoms with Crippen molar-refractivity contribution in [1.29, 1.82) is 0 Å². The van der Waals surface area contributed by atoms with Crippen LogP contribution in [0.5, 0.6) is 0 Å². The number of carbonyl (C=O) groups is 2. The van der Waals surface area contributed by atoms with Crippen molar-refractivity contribution in [3.8, 4) is 0 Å². The van der Waals surface area contributed by atoms with E-state index in [0.717, 1.165) is 18.4 Å².